The molecule has 0 radical (unpaired) electrons. The Balaban J connectivity index is 1.60. The van der Waals surface area contributed by atoms with Crippen molar-refractivity contribution in [3.05, 3.63) is 24.0 Å². The second kappa shape index (κ2) is 16.9. The number of allylic oxidation sites excluding steroid dienone is 3. The van der Waals surface area contributed by atoms with E-state index in [-0.39, 0.29) is 29.9 Å². The summed E-state index contributed by atoms with van der Waals surface area (Å²) in [5.41, 5.74) is -0.0176. The molecule has 2 aliphatic heterocycles. The van der Waals surface area contributed by atoms with Crippen LogP contribution in [0.1, 0.15) is 124 Å². The Bertz CT molecular complexity index is 795. The van der Waals surface area contributed by atoms with Crippen LogP contribution in [-0.4, -0.2) is 49.3 Å². The summed E-state index contributed by atoms with van der Waals surface area (Å²) < 4.78 is 29.8. The molecule has 0 amide bonds. The average Bonchev–Trinajstić information content (AvgIpc) is 3.28. The van der Waals surface area contributed by atoms with Crippen molar-refractivity contribution in [2.45, 2.75) is 142 Å². The maximum atomic E-state index is 12.6. The Morgan fingerprint density at radius 3 is 2.48 bits per heavy atom. The number of hydrogen-bond donors (Lipinski definition) is 1. The van der Waals surface area contributed by atoms with Crippen molar-refractivity contribution >= 4 is 5.97 Å². The van der Waals surface area contributed by atoms with Gasteiger partial charge in [0.2, 0.25) is 5.79 Å². The Hall–Kier alpha value is -1.41. The predicted octanol–water partition coefficient (Wildman–Crippen LogP) is 7.57. The Morgan fingerprint density at radius 2 is 1.80 bits per heavy atom. The van der Waals surface area contributed by atoms with Crippen LogP contribution in [0.4, 0.5) is 0 Å². The first-order valence-corrected chi connectivity index (χ1v) is 16.0. The van der Waals surface area contributed by atoms with Gasteiger partial charge in [-0.15, -0.1) is 0 Å². The third kappa shape index (κ3) is 11.8. The summed E-state index contributed by atoms with van der Waals surface area (Å²) in [7, 11) is 0. The van der Waals surface area contributed by atoms with Gasteiger partial charge in [0.15, 0.2) is 12.6 Å². The summed E-state index contributed by atoms with van der Waals surface area (Å²) in [6.07, 6.45) is 18.7. The van der Waals surface area contributed by atoms with Gasteiger partial charge in [-0.05, 0) is 95.0 Å². The van der Waals surface area contributed by atoms with Crippen molar-refractivity contribution in [3.63, 3.8) is 0 Å². The molecule has 7 heteroatoms. The topological polar surface area (TPSA) is 83.5 Å². The molecule has 40 heavy (non-hydrogen) atoms. The summed E-state index contributed by atoms with van der Waals surface area (Å²) in [6, 6.07) is 0. The van der Waals surface area contributed by atoms with Gasteiger partial charge in [-0.25, -0.2) is 0 Å². The molecule has 3 rings (SSSR count). The molecule has 0 spiro atoms. The van der Waals surface area contributed by atoms with Gasteiger partial charge in [-0.3, -0.25) is 4.79 Å². The summed E-state index contributed by atoms with van der Waals surface area (Å²) in [5, 5.41) is 11.4. The normalized spacial score (nSPS) is 29.0. The molecule has 7 nitrogen and oxygen atoms in total. The van der Waals surface area contributed by atoms with Gasteiger partial charge in [0.1, 0.15) is 0 Å². The van der Waals surface area contributed by atoms with Crippen LogP contribution in [0.25, 0.3) is 0 Å². The fourth-order valence-corrected chi connectivity index (χ4v) is 5.84. The van der Waals surface area contributed by atoms with Crippen LogP contribution in [-0.2, 0) is 28.5 Å². The molecule has 2 saturated heterocycles. The standard InChI is InChI=1S/C33H56O7/c1-5-6-7-8-15-29(34)40-33(35)19-13-14-27(33)23-28(39-31-17-10-12-22-37-31)24-32(3,4)20-18-26(2)25-38-30-16-9-11-21-36-30/h5-6,23,26-27,30-31,35H,7-22,24-25H2,1-4H3/t26?,27-,30?,31?,33+/m1/s1. The minimum atomic E-state index is -1.48. The maximum absolute atomic E-state index is 12.6. The lowest BCUT2D eigenvalue weighted by Crippen LogP contribution is -2.38. The molecule has 1 saturated carbocycles. The first-order chi connectivity index (χ1) is 19.2. The maximum Gasteiger partial charge on any atom is 0.308 e. The van der Waals surface area contributed by atoms with Gasteiger partial charge in [0, 0.05) is 38.2 Å². The van der Waals surface area contributed by atoms with Crippen molar-refractivity contribution in [1.82, 2.24) is 0 Å². The van der Waals surface area contributed by atoms with Gasteiger partial charge >= 0.3 is 5.97 Å². The van der Waals surface area contributed by atoms with Crippen molar-refractivity contribution in [2.75, 3.05) is 19.8 Å². The number of carbonyl (C=O) groups is 1. The summed E-state index contributed by atoms with van der Waals surface area (Å²) in [6.45, 7) is 11.0. The summed E-state index contributed by atoms with van der Waals surface area (Å²) in [5.74, 6) is -0.820. The van der Waals surface area contributed by atoms with Gasteiger partial charge in [-0.1, -0.05) is 32.9 Å². The molecule has 0 bridgehead atoms. The van der Waals surface area contributed by atoms with Crippen molar-refractivity contribution < 1.29 is 33.6 Å². The lowest BCUT2D eigenvalue weighted by molar-refractivity contribution is -0.218. The summed E-state index contributed by atoms with van der Waals surface area (Å²) >= 11 is 0. The minimum absolute atomic E-state index is 0.0176. The summed E-state index contributed by atoms with van der Waals surface area (Å²) in [4.78, 5) is 12.6. The van der Waals surface area contributed by atoms with Crippen molar-refractivity contribution in [1.29, 1.82) is 0 Å². The molecule has 3 unspecified atom stereocenters. The van der Waals surface area contributed by atoms with E-state index in [0.29, 0.717) is 32.0 Å². The monoisotopic (exact) mass is 564 g/mol. The third-order valence-corrected chi connectivity index (χ3v) is 8.39. The number of carbonyl (C=O) groups excluding carboxylic acids is 1. The number of aliphatic hydroxyl groups is 1. The fraction of sp³-hybridized carbons (Fsp3) is 0.848. The SMILES string of the molecule is CC=CCCCC(=O)O[C@@]1(O)CCC[C@@H]1C=C(CC(C)(C)CCC(C)COC1CCCCO1)OC1CCCCO1. The van der Waals surface area contributed by atoms with Crippen LogP contribution >= 0.6 is 0 Å². The highest BCUT2D eigenvalue weighted by Gasteiger charge is 2.44. The molecule has 1 aliphatic carbocycles. The van der Waals surface area contributed by atoms with E-state index in [2.05, 4.69) is 20.8 Å². The third-order valence-electron chi connectivity index (χ3n) is 8.39. The molecule has 230 valence electrons. The Kier molecular flexibility index (Phi) is 14.0. The molecular formula is C33H56O7. The van der Waals surface area contributed by atoms with E-state index in [0.717, 1.165) is 89.4 Å². The largest absolute Gasteiger partial charge is 0.470 e. The average molecular weight is 565 g/mol. The first kappa shape index (κ1) is 33.1. The number of esters is 1. The number of unbranched alkanes of at least 4 members (excludes halogenated alkanes) is 1. The lowest BCUT2D eigenvalue weighted by Gasteiger charge is -2.33. The van der Waals surface area contributed by atoms with E-state index in [1.807, 2.05) is 25.2 Å². The van der Waals surface area contributed by atoms with E-state index < -0.39 is 5.79 Å². The molecule has 0 aromatic rings. The van der Waals surface area contributed by atoms with Crippen LogP contribution in [0.15, 0.2) is 24.0 Å². The Labute approximate surface area is 243 Å². The van der Waals surface area contributed by atoms with Gasteiger partial charge in [0.25, 0.3) is 0 Å². The highest BCUT2D eigenvalue weighted by atomic mass is 16.7. The van der Waals surface area contributed by atoms with Crippen molar-refractivity contribution in [3.8, 4) is 0 Å². The second-order valence-electron chi connectivity index (χ2n) is 12.9. The smallest absolute Gasteiger partial charge is 0.308 e. The number of hydrogen-bond acceptors (Lipinski definition) is 7. The zero-order valence-electron chi connectivity index (χ0n) is 25.7. The van der Waals surface area contributed by atoms with Crippen molar-refractivity contribution in [2.24, 2.45) is 17.3 Å². The Morgan fingerprint density at radius 1 is 1.07 bits per heavy atom. The van der Waals surface area contributed by atoms with E-state index >= 15 is 0 Å². The number of ether oxygens (including phenoxy) is 5. The highest BCUT2D eigenvalue weighted by molar-refractivity contribution is 5.69. The van der Waals surface area contributed by atoms with Crippen LogP contribution in [0.5, 0.6) is 0 Å². The molecule has 0 aromatic heterocycles. The fourth-order valence-electron chi connectivity index (χ4n) is 5.84. The molecular weight excluding hydrogens is 508 g/mol. The number of rotatable bonds is 16. The minimum Gasteiger partial charge on any atom is -0.470 e. The van der Waals surface area contributed by atoms with Crippen LogP contribution in [0, 0.1) is 17.3 Å². The zero-order valence-corrected chi connectivity index (χ0v) is 25.7. The molecule has 1 N–H and O–H groups in total. The van der Waals surface area contributed by atoms with E-state index in [1.165, 1.54) is 6.42 Å². The van der Waals surface area contributed by atoms with E-state index in [1.54, 1.807) is 0 Å². The molecule has 5 atom stereocenters. The molecule has 2 heterocycles. The van der Waals surface area contributed by atoms with Gasteiger partial charge in [0.05, 0.1) is 19.0 Å². The molecule has 3 aliphatic rings. The van der Waals surface area contributed by atoms with E-state index in [4.69, 9.17) is 23.7 Å². The lowest BCUT2D eigenvalue weighted by atomic mass is 9.81. The van der Waals surface area contributed by atoms with Crippen LogP contribution in [0.2, 0.25) is 0 Å². The predicted molar refractivity (Wildman–Crippen MR) is 156 cm³/mol. The van der Waals surface area contributed by atoms with Crippen LogP contribution in [0.3, 0.4) is 0 Å². The second-order valence-corrected chi connectivity index (χ2v) is 12.9. The van der Waals surface area contributed by atoms with E-state index in [9.17, 15) is 9.90 Å². The molecule has 0 aromatic carbocycles. The van der Waals surface area contributed by atoms with Crippen LogP contribution < -0.4 is 0 Å². The molecule has 3 fully saturated rings. The quantitative estimate of drug-likeness (QED) is 0.0680. The highest BCUT2D eigenvalue weighted by Crippen LogP contribution is 2.41. The van der Waals surface area contributed by atoms with Gasteiger partial charge < -0.3 is 28.8 Å². The van der Waals surface area contributed by atoms with Gasteiger partial charge in [-0.2, -0.15) is 0 Å². The first-order valence-electron chi connectivity index (χ1n) is 16.0. The zero-order chi connectivity index (χ0) is 28.8.